The average molecular weight is 262 g/mol. The first-order chi connectivity index (χ1) is 7.65. The van der Waals surface area contributed by atoms with E-state index in [4.69, 9.17) is 22.1 Å². The van der Waals surface area contributed by atoms with E-state index in [1.54, 1.807) is 18.2 Å². The minimum Gasteiger partial charge on any atom is -0.398 e. The standard InChI is InChI=1S/C11H16ClNO2S/c1-2-5-15-6-7-16(14)9-3-4-11(13)10(12)8-9/h3-4,8H,2,5-7,13H2,1H3. The third kappa shape index (κ3) is 4.12. The maximum atomic E-state index is 11.8. The van der Waals surface area contributed by atoms with Gasteiger partial charge in [0, 0.05) is 11.5 Å². The van der Waals surface area contributed by atoms with Gasteiger partial charge in [0.15, 0.2) is 0 Å². The fourth-order valence-electron chi connectivity index (χ4n) is 1.15. The highest BCUT2D eigenvalue weighted by atomic mass is 35.5. The van der Waals surface area contributed by atoms with Crippen LogP contribution < -0.4 is 5.73 Å². The van der Waals surface area contributed by atoms with Crippen molar-refractivity contribution in [3.63, 3.8) is 0 Å². The molecule has 1 rings (SSSR count). The van der Waals surface area contributed by atoms with E-state index in [1.165, 1.54) is 0 Å². The number of rotatable bonds is 6. The third-order valence-electron chi connectivity index (χ3n) is 2.00. The Balaban J connectivity index is 2.50. The summed E-state index contributed by atoms with van der Waals surface area (Å²) in [6.45, 7) is 3.25. The van der Waals surface area contributed by atoms with Gasteiger partial charge in [-0.15, -0.1) is 0 Å². The lowest BCUT2D eigenvalue weighted by Gasteiger charge is -2.05. The van der Waals surface area contributed by atoms with E-state index in [2.05, 4.69) is 0 Å². The molecule has 0 aliphatic carbocycles. The number of halogens is 1. The molecule has 0 amide bonds. The molecule has 5 heteroatoms. The normalized spacial score (nSPS) is 12.6. The first-order valence-corrected chi connectivity index (χ1v) is 6.86. The zero-order valence-electron chi connectivity index (χ0n) is 9.24. The molecule has 0 saturated heterocycles. The molecule has 0 aromatic heterocycles. The van der Waals surface area contributed by atoms with Crippen LogP contribution in [0.5, 0.6) is 0 Å². The van der Waals surface area contributed by atoms with Gasteiger partial charge in [-0.1, -0.05) is 18.5 Å². The molecule has 1 unspecified atom stereocenters. The molecule has 0 radical (unpaired) electrons. The zero-order valence-corrected chi connectivity index (χ0v) is 10.8. The van der Waals surface area contributed by atoms with Gasteiger partial charge in [0.2, 0.25) is 0 Å². The van der Waals surface area contributed by atoms with Crippen LogP contribution in [0.3, 0.4) is 0 Å². The molecule has 2 N–H and O–H groups in total. The summed E-state index contributed by atoms with van der Waals surface area (Å²) < 4.78 is 17.1. The molecule has 1 atom stereocenters. The van der Waals surface area contributed by atoms with Crippen molar-refractivity contribution in [1.29, 1.82) is 0 Å². The van der Waals surface area contributed by atoms with Crippen LogP contribution in [-0.4, -0.2) is 23.2 Å². The second kappa shape index (κ2) is 6.89. The number of anilines is 1. The number of hydrogen-bond acceptors (Lipinski definition) is 3. The fraction of sp³-hybridized carbons (Fsp3) is 0.455. The molecular weight excluding hydrogens is 246 g/mol. The second-order valence-corrected chi connectivity index (χ2v) is 5.32. The number of hydrogen-bond donors (Lipinski definition) is 1. The van der Waals surface area contributed by atoms with Gasteiger partial charge in [-0.3, -0.25) is 4.21 Å². The first-order valence-electron chi connectivity index (χ1n) is 5.16. The van der Waals surface area contributed by atoms with Gasteiger partial charge in [0.05, 0.1) is 33.9 Å². The Morgan fingerprint density at radius 1 is 1.44 bits per heavy atom. The molecule has 0 spiro atoms. The Kier molecular flexibility index (Phi) is 5.80. The molecule has 1 aromatic rings. The highest BCUT2D eigenvalue weighted by Crippen LogP contribution is 2.21. The summed E-state index contributed by atoms with van der Waals surface area (Å²) in [5.41, 5.74) is 6.08. The van der Waals surface area contributed by atoms with Crippen LogP contribution >= 0.6 is 11.6 Å². The smallest absolute Gasteiger partial charge is 0.0647 e. The van der Waals surface area contributed by atoms with Gasteiger partial charge in [0.1, 0.15) is 0 Å². The van der Waals surface area contributed by atoms with Crippen molar-refractivity contribution in [2.75, 3.05) is 24.7 Å². The Labute approximate surface area is 103 Å². The van der Waals surface area contributed by atoms with Crippen molar-refractivity contribution in [2.24, 2.45) is 0 Å². The highest BCUT2D eigenvalue weighted by Gasteiger charge is 2.05. The summed E-state index contributed by atoms with van der Waals surface area (Å²) in [5, 5.41) is 0.445. The molecule has 0 saturated carbocycles. The Morgan fingerprint density at radius 3 is 2.81 bits per heavy atom. The predicted molar refractivity (Wildman–Crippen MR) is 68.2 cm³/mol. The lowest BCUT2D eigenvalue weighted by atomic mass is 10.3. The summed E-state index contributed by atoms with van der Waals surface area (Å²) in [7, 11) is -1.07. The Hall–Kier alpha value is -0.580. The Morgan fingerprint density at radius 2 is 2.19 bits per heavy atom. The van der Waals surface area contributed by atoms with Crippen molar-refractivity contribution in [2.45, 2.75) is 18.2 Å². The fourth-order valence-corrected chi connectivity index (χ4v) is 2.37. The molecule has 0 aliphatic heterocycles. The summed E-state index contributed by atoms with van der Waals surface area (Å²) in [6.07, 6.45) is 0.973. The average Bonchev–Trinajstić information content (AvgIpc) is 2.28. The third-order valence-corrected chi connectivity index (χ3v) is 3.64. The molecule has 0 aliphatic rings. The van der Waals surface area contributed by atoms with E-state index in [0.717, 1.165) is 6.42 Å². The lowest BCUT2D eigenvalue weighted by Crippen LogP contribution is -2.07. The van der Waals surface area contributed by atoms with Crippen molar-refractivity contribution < 1.29 is 8.95 Å². The van der Waals surface area contributed by atoms with E-state index in [9.17, 15) is 4.21 Å². The number of benzene rings is 1. The van der Waals surface area contributed by atoms with Crippen LogP contribution in [-0.2, 0) is 15.5 Å². The second-order valence-electron chi connectivity index (χ2n) is 3.35. The van der Waals surface area contributed by atoms with Gasteiger partial charge >= 0.3 is 0 Å². The van der Waals surface area contributed by atoms with Crippen molar-refractivity contribution >= 4 is 28.1 Å². The van der Waals surface area contributed by atoms with Gasteiger partial charge in [-0.2, -0.15) is 0 Å². The largest absolute Gasteiger partial charge is 0.398 e. The highest BCUT2D eigenvalue weighted by molar-refractivity contribution is 7.85. The van der Waals surface area contributed by atoms with Crippen LogP contribution in [0.15, 0.2) is 23.1 Å². The van der Waals surface area contributed by atoms with Crippen LogP contribution in [0.4, 0.5) is 5.69 Å². The Bertz CT molecular complexity index is 371. The minimum absolute atomic E-state index is 0.445. The van der Waals surface area contributed by atoms with E-state index in [0.29, 0.717) is 34.6 Å². The van der Waals surface area contributed by atoms with Crippen molar-refractivity contribution in [3.05, 3.63) is 23.2 Å². The van der Waals surface area contributed by atoms with Crippen LogP contribution in [0.25, 0.3) is 0 Å². The molecule has 0 heterocycles. The maximum absolute atomic E-state index is 11.8. The number of nitrogen functional groups attached to an aromatic ring is 1. The van der Waals surface area contributed by atoms with Gasteiger partial charge in [0.25, 0.3) is 0 Å². The van der Waals surface area contributed by atoms with Gasteiger partial charge in [-0.25, -0.2) is 0 Å². The molecular formula is C11H16ClNO2S. The minimum atomic E-state index is -1.07. The van der Waals surface area contributed by atoms with Crippen LogP contribution in [0.1, 0.15) is 13.3 Å². The molecule has 0 bridgehead atoms. The monoisotopic (exact) mass is 261 g/mol. The number of nitrogens with two attached hydrogens (primary N) is 1. The summed E-state index contributed by atoms with van der Waals surface area (Å²) in [5.74, 6) is 0.486. The summed E-state index contributed by atoms with van der Waals surface area (Å²) in [4.78, 5) is 0.694. The first kappa shape index (κ1) is 13.5. The van der Waals surface area contributed by atoms with Crippen LogP contribution in [0.2, 0.25) is 5.02 Å². The topological polar surface area (TPSA) is 52.3 Å². The van der Waals surface area contributed by atoms with Gasteiger partial charge < -0.3 is 10.5 Å². The SMILES string of the molecule is CCCOCCS(=O)c1ccc(N)c(Cl)c1. The van der Waals surface area contributed by atoms with Crippen LogP contribution in [0, 0.1) is 0 Å². The van der Waals surface area contributed by atoms with E-state index >= 15 is 0 Å². The lowest BCUT2D eigenvalue weighted by molar-refractivity contribution is 0.150. The summed E-state index contributed by atoms with van der Waals surface area (Å²) >= 11 is 5.85. The van der Waals surface area contributed by atoms with Crippen molar-refractivity contribution in [3.8, 4) is 0 Å². The van der Waals surface area contributed by atoms with E-state index < -0.39 is 10.8 Å². The molecule has 16 heavy (non-hydrogen) atoms. The van der Waals surface area contributed by atoms with Crippen molar-refractivity contribution in [1.82, 2.24) is 0 Å². The molecule has 3 nitrogen and oxygen atoms in total. The molecule has 1 aromatic carbocycles. The molecule has 0 fully saturated rings. The van der Waals surface area contributed by atoms with E-state index in [-0.39, 0.29) is 0 Å². The quantitative estimate of drug-likeness (QED) is 0.632. The van der Waals surface area contributed by atoms with E-state index in [1.807, 2.05) is 6.92 Å². The zero-order chi connectivity index (χ0) is 12.0. The summed E-state index contributed by atoms with van der Waals surface area (Å²) in [6, 6.07) is 5.05. The predicted octanol–water partition coefficient (Wildman–Crippen LogP) is 2.46. The maximum Gasteiger partial charge on any atom is 0.0647 e. The molecule has 90 valence electrons. The van der Waals surface area contributed by atoms with Gasteiger partial charge in [-0.05, 0) is 24.6 Å². The number of ether oxygens (including phenoxy) is 1.